The minimum absolute atomic E-state index is 0.0771. The van der Waals surface area contributed by atoms with Gasteiger partial charge in [-0.2, -0.15) is 5.26 Å². The van der Waals surface area contributed by atoms with Crippen molar-refractivity contribution in [1.29, 1.82) is 5.26 Å². The Morgan fingerprint density at radius 2 is 2.17 bits per heavy atom. The van der Waals surface area contributed by atoms with E-state index in [2.05, 4.69) is 6.07 Å². The van der Waals surface area contributed by atoms with Crippen molar-refractivity contribution in [3.05, 3.63) is 59.4 Å². The summed E-state index contributed by atoms with van der Waals surface area (Å²) in [5, 5.41) is 8.78. The van der Waals surface area contributed by atoms with Crippen LogP contribution in [0.4, 0.5) is 4.39 Å². The average molecular weight is 239 g/mol. The molecule has 3 nitrogen and oxygen atoms in total. The minimum Gasteiger partial charge on any atom is -0.366 e. The highest BCUT2D eigenvalue weighted by Gasteiger charge is 2.11. The molecule has 4 heteroatoms. The molecular weight excluding hydrogens is 231 g/mol. The highest BCUT2D eigenvalue weighted by Crippen LogP contribution is 2.24. The molecule has 18 heavy (non-hydrogen) atoms. The molecule has 0 atom stereocenters. The molecule has 0 spiro atoms. The molecule has 0 unspecified atom stereocenters. The standard InChI is InChI=1S/C14H8FN2O/c15-13-6-5-9(7-10(13)8-16)11-3-1-2-4-12(11)14(17)18/h1-3,5-7H,(H2,17,18). The summed E-state index contributed by atoms with van der Waals surface area (Å²) < 4.78 is 13.2. The summed E-state index contributed by atoms with van der Waals surface area (Å²) in [6.07, 6.45) is 0. The molecule has 0 saturated heterocycles. The van der Waals surface area contributed by atoms with E-state index >= 15 is 0 Å². The Morgan fingerprint density at radius 1 is 1.39 bits per heavy atom. The lowest BCUT2D eigenvalue weighted by Crippen LogP contribution is -2.12. The molecule has 0 saturated carbocycles. The van der Waals surface area contributed by atoms with Crippen LogP contribution in [0.1, 0.15) is 15.9 Å². The molecule has 2 rings (SSSR count). The molecule has 87 valence electrons. The zero-order valence-corrected chi connectivity index (χ0v) is 9.27. The molecular formula is C14H8FN2O. The number of halogens is 1. The van der Waals surface area contributed by atoms with Crippen molar-refractivity contribution in [1.82, 2.24) is 0 Å². The summed E-state index contributed by atoms with van der Waals surface area (Å²) >= 11 is 0. The molecule has 2 aromatic carbocycles. The Balaban J connectivity index is 2.63. The highest BCUT2D eigenvalue weighted by molar-refractivity contribution is 5.99. The number of nitriles is 1. The summed E-state index contributed by atoms with van der Waals surface area (Å²) in [6.45, 7) is 0. The van der Waals surface area contributed by atoms with Crippen LogP contribution in [0.15, 0.2) is 36.4 Å². The van der Waals surface area contributed by atoms with Gasteiger partial charge in [0.15, 0.2) is 0 Å². The SMILES string of the molecule is N#Cc1cc(-c2ccc[c]c2C(N)=O)ccc1F. The predicted molar refractivity (Wildman–Crippen MR) is 63.9 cm³/mol. The third kappa shape index (κ3) is 2.06. The number of benzene rings is 2. The molecule has 0 heterocycles. The Hall–Kier alpha value is -2.67. The second-order valence-electron chi connectivity index (χ2n) is 3.63. The van der Waals surface area contributed by atoms with Gasteiger partial charge in [-0.1, -0.05) is 24.3 Å². The largest absolute Gasteiger partial charge is 0.366 e. The van der Waals surface area contributed by atoms with Gasteiger partial charge < -0.3 is 5.73 Å². The molecule has 0 aliphatic heterocycles. The Morgan fingerprint density at radius 3 is 2.83 bits per heavy atom. The van der Waals surface area contributed by atoms with Gasteiger partial charge in [0.2, 0.25) is 5.91 Å². The Kier molecular flexibility index (Phi) is 3.07. The van der Waals surface area contributed by atoms with Gasteiger partial charge in [-0.3, -0.25) is 4.79 Å². The van der Waals surface area contributed by atoms with Crippen molar-refractivity contribution in [2.24, 2.45) is 5.73 Å². The topological polar surface area (TPSA) is 66.9 Å². The smallest absolute Gasteiger partial charge is 0.249 e. The summed E-state index contributed by atoms with van der Waals surface area (Å²) in [6, 6.07) is 13.5. The number of hydrogen-bond acceptors (Lipinski definition) is 2. The molecule has 1 radical (unpaired) electrons. The van der Waals surface area contributed by atoms with Crippen LogP contribution in [-0.2, 0) is 0 Å². The first-order chi connectivity index (χ1) is 8.63. The van der Waals surface area contributed by atoms with Crippen molar-refractivity contribution in [2.75, 3.05) is 0 Å². The number of carbonyl (C=O) groups excluding carboxylic acids is 1. The number of carbonyl (C=O) groups is 1. The fraction of sp³-hybridized carbons (Fsp3) is 0. The van der Waals surface area contributed by atoms with Crippen LogP contribution in [0, 0.1) is 23.2 Å². The molecule has 0 fully saturated rings. The zero-order valence-electron chi connectivity index (χ0n) is 9.27. The van der Waals surface area contributed by atoms with Crippen LogP contribution in [0.2, 0.25) is 0 Å². The van der Waals surface area contributed by atoms with E-state index in [1.165, 1.54) is 18.2 Å². The summed E-state index contributed by atoms with van der Waals surface area (Å²) in [5.74, 6) is -1.21. The van der Waals surface area contributed by atoms with Crippen molar-refractivity contribution in [3.63, 3.8) is 0 Å². The summed E-state index contributed by atoms with van der Waals surface area (Å²) in [5.41, 5.74) is 6.47. The first-order valence-electron chi connectivity index (χ1n) is 5.14. The first-order valence-corrected chi connectivity index (χ1v) is 5.14. The van der Waals surface area contributed by atoms with E-state index in [4.69, 9.17) is 11.0 Å². The first kappa shape index (κ1) is 11.8. The summed E-state index contributed by atoms with van der Waals surface area (Å²) in [4.78, 5) is 11.3. The van der Waals surface area contributed by atoms with Gasteiger partial charge in [0, 0.05) is 0 Å². The molecule has 2 aromatic rings. The molecule has 2 N–H and O–H groups in total. The summed E-state index contributed by atoms with van der Waals surface area (Å²) in [7, 11) is 0. The van der Waals surface area contributed by atoms with Crippen LogP contribution in [0.3, 0.4) is 0 Å². The monoisotopic (exact) mass is 239 g/mol. The van der Waals surface area contributed by atoms with E-state index in [1.54, 1.807) is 24.3 Å². The average Bonchev–Trinajstić information content (AvgIpc) is 2.39. The quantitative estimate of drug-likeness (QED) is 0.873. The number of primary amides is 1. The maximum absolute atomic E-state index is 13.2. The molecule has 0 bridgehead atoms. The lowest BCUT2D eigenvalue weighted by molar-refractivity contribution is 0.100. The second-order valence-corrected chi connectivity index (χ2v) is 3.63. The van der Waals surface area contributed by atoms with Crippen LogP contribution in [0.25, 0.3) is 11.1 Å². The molecule has 1 amide bonds. The number of nitrogens with zero attached hydrogens (tertiary/aromatic N) is 1. The van der Waals surface area contributed by atoms with Crippen molar-refractivity contribution in [3.8, 4) is 17.2 Å². The van der Waals surface area contributed by atoms with E-state index in [0.717, 1.165) is 0 Å². The van der Waals surface area contributed by atoms with Crippen LogP contribution < -0.4 is 5.73 Å². The number of nitrogens with two attached hydrogens (primary N) is 1. The number of amides is 1. The third-order valence-electron chi connectivity index (χ3n) is 2.50. The van der Waals surface area contributed by atoms with Gasteiger partial charge in [0.05, 0.1) is 11.1 Å². The van der Waals surface area contributed by atoms with Crippen LogP contribution in [0.5, 0.6) is 0 Å². The van der Waals surface area contributed by atoms with Gasteiger partial charge in [-0.25, -0.2) is 4.39 Å². The molecule has 0 aliphatic carbocycles. The van der Waals surface area contributed by atoms with E-state index in [9.17, 15) is 9.18 Å². The second kappa shape index (κ2) is 4.68. The van der Waals surface area contributed by atoms with Crippen molar-refractivity contribution < 1.29 is 9.18 Å². The van der Waals surface area contributed by atoms with Gasteiger partial charge >= 0.3 is 0 Å². The van der Waals surface area contributed by atoms with E-state index in [-0.39, 0.29) is 11.1 Å². The highest BCUT2D eigenvalue weighted by atomic mass is 19.1. The van der Waals surface area contributed by atoms with Crippen LogP contribution in [-0.4, -0.2) is 5.91 Å². The predicted octanol–water partition coefficient (Wildman–Crippen LogP) is 2.26. The fourth-order valence-electron chi connectivity index (χ4n) is 1.66. The van der Waals surface area contributed by atoms with Crippen LogP contribution >= 0.6 is 0 Å². The van der Waals surface area contributed by atoms with Gasteiger partial charge in [-0.05, 0) is 29.3 Å². The Bertz CT molecular complexity index is 659. The number of hydrogen-bond donors (Lipinski definition) is 1. The number of rotatable bonds is 2. The minimum atomic E-state index is -0.617. The van der Waals surface area contributed by atoms with E-state index < -0.39 is 11.7 Å². The normalized spacial score (nSPS) is 9.78. The maximum Gasteiger partial charge on any atom is 0.249 e. The van der Waals surface area contributed by atoms with E-state index in [0.29, 0.717) is 11.1 Å². The maximum atomic E-state index is 13.2. The van der Waals surface area contributed by atoms with Crippen molar-refractivity contribution >= 4 is 5.91 Å². The molecule has 0 aliphatic rings. The lowest BCUT2D eigenvalue weighted by Gasteiger charge is -2.06. The van der Waals surface area contributed by atoms with Gasteiger partial charge in [0.1, 0.15) is 11.9 Å². The lowest BCUT2D eigenvalue weighted by atomic mass is 9.98. The van der Waals surface area contributed by atoms with Gasteiger partial charge in [-0.15, -0.1) is 0 Å². The Labute approximate surface area is 103 Å². The van der Waals surface area contributed by atoms with Crippen molar-refractivity contribution in [2.45, 2.75) is 0 Å². The zero-order chi connectivity index (χ0) is 13.1. The van der Waals surface area contributed by atoms with Gasteiger partial charge in [0.25, 0.3) is 0 Å². The fourth-order valence-corrected chi connectivity index (χ4v) is 1.66. The third-order valence-corrected chi connectivity index (χ3v) is 2.50. The molecule has 0 aromatic heterocycles. The van der Waals surface area contributed by atoms with E-state index in [1.807, 2.05) is 0 Å².